The minimum atomic E-state index is -0.127. The first kappa shape index (κ1) is 9.84. The average molecular weight is 225 g/mol. The number of aromatic amines is 1. The second-order valence-electron chi connectivity index (χ2n) is 4.01. The normalized spacial score (nSPS) is 10.9. The first-order valence-corrected chi connectivity index (χ1v) is 5.38. The van der Waals surface area contributed by atoms with Crippen LogP contribution in [-0.4, -0.2) is 14.6 Å². The Hall–Kier alpha value is -2.36. The summed E-state index contributed by atoms with van der Waals surface area (Å²) in [6.07, 6.45) is 3.32. The molecular weight excluding hydrogens is 214 g/mol. The van der Waals surface area contributed by atoms with Gasteiger partial charge in [-0.2, -0.15) is 5.10 Å². The Bertz CT molecular complexity index is 722. The molecule has 3 aromatic rings. The van der Waals surface area contributed by atoms with E-state index >= 15 is 0 Å². The molecular formula is C13H11N3O. The number of fused-ring (bicyclic) bond motifs is 1. The number of rotatable bonds is 1. The Morgan fingerprint density at radius 2 is 2.00 bits per heavy atom. The van der Waals surface area contributed by atoms with Crippen molar-refractivity contribution in [1.82, 2.24) is 14.6 Å². The molecule has 0 bridgehead atoms. The Balaban J connectivity index is 2.21. The van der Waals surface area contributed by atoms with E-state index in [9.17, 15) is 4.79 Å². The van der Waals surface area contributed by atoms with Crippen molar-refractivity contribution in [2.45, 2.75) is 6.92 Å². The number of aromatic nitrogens is 3. The standard InChI is InChI=1S/C13H11N3O/c1-9-2-4-10(5-3-9)11-8-12-13(17)14-6-7-16(12)15-11/h2-8H,1H3,(H,14,17). The van der Waals surface area contributed by atoms with Crippen molar-refractivity contribution in [2.75, 3.05) is 0 Å². The van der Waals surface area contributed by atoms with Gasteiger partial charge < -0.3 is 4.98 Å². The first-order chi connectivity index (χ1) is 8.24. The minimum Gasteiger partial charge on any atom is -0.326 e. The maximum Gasteiger partial charge on any atom is 0.273 e. The molecule has 0 fully saturated rings. The van der Waals surface area contributed by atoms with Gasteiger partial charge in [0, 0.05) is 18.0 Å². The summed E-state index contributed by atoms with van der Waals surface area (Å²) < 4.78 is 1.59. The van der Waals surface area contributed by atoms with Crippen LogP contribution in [0.25, 0.3) is 16.8 Å². The third-order valence-electron chi connectivity index (χ3n) is 2.75. The number of H-pyrrole nitrogens is 1. The Morgan fingerprint density at radius 1 is 1.24 bits per heavy atom. The van der Waals surface area contributed by atoms with Crippen LogP contribution < -0.4 is 5.56 Å². The van der Waals surface area contributed by atoms with Gasteiger partial charge in [-0.1, -0.05) is 29.8 Å². The largest absolute Gasteiger partial charge is 0.326 e. The van der Waals surface area contributed by atoms with Gasteiger partial charge in [0.15, 0.2) is 0 Å². The highest BCUT2D eigenvalue weighted by molar-refractivity contribution is 5.65. The first-order valence-electron chi connectivity index (χ1n) is 5.38. The van der Waals surface area contributed by atoms with Crippen molar-refractivity contribution in [3.8, 4) is 11.3 Å². The third-order valence-corrected chi connectivity index (χ3v) is 2.75. The van der Waals surface area contributed by atoms with Crippen LogP contribution in [0.5, 0.6) is 0 Å². The fourth-order valence-electron chi connectivity index (χ4n) is 1.80. The highest BCUT2D eigenvalue weighted by Crippen LogP contribution is 2.18. The monoisotopic (exact) mass is 225 g/mol. The van der Waals surface area contributed by atoms with Crippen molar-refractivity contribution in [3.63, 3.8) is 0 Å². The molecule has 0 spiro atoms. The van der Waals surface area contributed by atoms with Gasteiger partial charge in [-0.15, -0.1) is 0 Å². The minimum absolute atomic E-state index is 0.127. The molecule has 84 valence electrons. The van der Waals surface area contributed by atoms with Crippen LogP contribution in [0.3, 0.4) is 0 Å². The molecule has 4 heteroatoms. The van der Waals surface area contributed by atoms with Gasteiger partial charge >= 0.3 is 0 Å². The Kier molecular flexibility index (Phi) is 2.08. The third kappa shape index (κ3) is 1.63. The Labute approximate surface area is 97.5 Å². The van der Waals surface area contributed by atoms with E-state index in [0.29, 0.717) is 5.52 Å². The predicted molar refractivity (Wildman–Crippen MR) is 66.0 cm³/mol. The Morgan fingerprint density at radius 3 is 2.71 bits per heavy atom. The number of aryl methyl sites for hydroxylation is 1. The number of nitrogens with one attached hydrogen (secondary N) is 1. The summed E-state index contributed by atoms with van der Waals surface area (Å²) in [5, 5.41) is 4.37. The number of nitrogens with zero attached hydrogens (tertiary/aromatic N) is 2. The summed E-state index contributed by atoms with van der Waals surface area (Å²) in [6.45, 7) is 2.04. The number of hydrogen-bond donors (Lipinski definition) is 1. The molecule has 1 N–H and O–H groups in total. The lowest BCUT2D eigenvalue weighted by Gasteiger charge is -1.96. The molecule has 2 heterocycles. The van der Waals surface area contributed by atoms with Crippen LogP contribution in [0.2, 0.25) is 0 Å². The molecule has 2 aromatic heterocycles. The molecule has 4 nitrogen and oxygen atoms in total. The quantitative estimate of drug-likeness (QED) is 0.688. The molecule has 1 aromatic carbocycles. The van der Waals surface area contributed by atoms with Gasteiger partial charge in [-0.25, -0.2) is 4.52 Å². The average Bonchev–Trinajstić information content (AvgIpc) is 2.75. The van der Waals surface area contributed by atoms with E-state index in [-0.39, 0.29) is 5.56 Å². The van der Waals surface area contributed by atoms with E-state index < -0.39 is 0 Å². The van der Waals surface area contributed by atoms with E-state index in [0.717, 1.165) is 11.3 Å². The molecule has 0 saturated heterocycles. The highest BCUT2D eigenvalue weighted by Gasteiger charge is 2.05. The van der Waals surface area contributed by atoms with E-state index in [1.165, 1.54) is 5.56 Å². The lowest BCUT2D eigenvalue weighted by atomic mass is 10.1. The lowest BCUT2D eigenvalue weighted by Crippen LogP contribution is -2.07. The van der Waals surface area contributed by atoms with Gasteiger partial charge in [0.25, 0.3) is 5.56 Å². The summed E-state index contributed by atoms with van der Waals surface area (Å²) in [7, 11) is 0. The van der Waals surface area contributed by atoms with Crippen LogP contribution in [0.15, 0.2) is 47.5 Å². The van der Waals surface area contributed by atoms with Gasteiger partial charge in [0.05, 0.1) is 5.69 Å². The van der Waals surface area contributed by atoms with Crippen LogP contribution in [0.4, 0.5) is 0 Å². The molecule has 17 heavy (non-hydrogen) atoms. The molecule has 0 atom stereocenters. The molecule has 0 saturated carbocycles. The SMILES string of the molecule is Cc1ccc(-c2cc3c(=O)[nH]ccn3n2)cc1. The molecule has 0 aliphatic rings. The van der Waals surface area contributed by atoms with Crippen molar-refractivity contribution in [1.29, 1.82) is 0 Å². The predicted octanol–water partition coefficient (Wildman–Crippen LogP) is 2.00. The van der Waals surface area contributed by atoms with Crippen LogP contribution in [0.1, 0.15) is 5.56 Å². The van der Waals surface area contributed by atoms with Crippen molar-refractivity contribution < 1.29 is 0 Å². The van der Waals surface area contributed by atoms with Crippen molar-refractivity contribution in [2.24, 2.45) is 0 Å². The smallest absolute Gasteiger partial charge is 0.273 e. The molecule has 3 rings (SSSR count). The fraction of sp³-hybridized carbons (Fsp3) is 0.0769. The molecule has 0 aliphatic carbocycles. The molecule has 0 radical (unpaired) electrons. The topological polar surface area (TPSA) is 50.2 Å². The van der Waals surface area contributed by atoms with E-state index in [1.807, 2.05) is 31.2 Å². The number of benzene rings is 1. The fourth-order valence-corrected chi connectivity index (χ4v) is 1.80. The van der Waals surface area contributed by atoms with E-state index in [1.54, 1.807) is 23.0 Å². The van der Waals surface area contributed by atoms with Gasteiger partial charge in [-0.05, 0) is 13.0 Å². The van der Waals surface area contributed by atoms with E-state index in [4.69, 9.17) is 0 Å². The number of hydrogen-bond acceptors (Lipinski definition) is 2. The maximum absolute atomic E-state index is 11.6. The summed E-state index contributed by atoms with van der Waals surface area (Å²) in [6, 6.07) is 9.87. The van der Waals surface area contributed by atoms with Gasteiger partial charge in [0.2, 0.25) is 0 Å². The van der Waals surface area contributed by atoms with Gasteiger partial charge in [-0.3, -0.25) is 4.79 Å². The van der Waals surface area contributed by atoms with Crippen LogP contribution in [0, 0.1) is 6.92 Å². The summed E-state index contributed by atoms with van der Waals surface area (Å²) in [5.74, 6) is 0. The second kappa shape index (κ2) is 3.59. The molecule has 0 aliphatic heterocycles. The zero-order valence-corrected chi connectivity index (χ0v) is 9.34. The highest BCUT2D eigenvalue weighted by atomic mass is 16.1. The zero-order chi connectivity index (χ0) is 11.8. The zero-order valence-electron chi connectivity index (χ0n) is 9.34. The summed E-state index contributed by atoms with van der Waals surface area (Å²) in [4.78, 5) is 14.2. The molecule has 0 unspecified atom stereocenters. The van der Waals surface area contributed by atoms with Crippen LogP contribution >= 0.6 is 0 Å². The van der Waals surface area contributed by atoms with Gasteiger partial charge in [0.1, 0.15) is 5.52 Å². The molecule has 0 amide bonds. The lowest BCUT2D eigenvalue weighted by molar-refractivity contribution is 0.940. The summed E-state index contributed by atoms with van der Waals surface area (Å²) >= 11 is 0. The maximum atomic E-state index is 11.6. The summed E-state index contributed by atoms with van der Waals surface area (Å²) in [5.41, 5.74) is 3.46. The van der Waals surface area contributed by atoms with E-state index in [2.05, 4.69) is 10.1 Å². The van der Waals surface area contributed by atoms with Crippen molar-refractivity contribution in [3.05, 3.63) is 58.6 Å². The van der Waals surface area contributed by atoms with Crippen molar-refractivity contribution >= 4 is 5.52 Å². The second-order valence-corrected chi connectivity index (χ2v) is 4.01. The van der Waals surface area contributed by atoms with Crippen LogP contribution in [-0.2, 0) is 0 Å².